The van der Waals surface area contributed by atoms with Gasteiger partial charge in [0.05, 0.1) is 12.2 Å². The Morgan fingerprint density at radius 1 is 1.03 bits per heavy atom. The van der Waals surface area contributed by atoms with Gasteiger partial charge in [-0.15, -0.1) is 0 Å². The number of carbonyl (C=O) groups excluding carboxylic acids is 1. The lowest BCUT2D eigenvalue weighted by molar-refractivity contribution is 0.0778. The third-order valence-electron chi connectivity index (χ3n) is 8.07. The van der Waals surface area contributed by atoms with Crippen molar-refractivity contribution in [1.29, 1.82) is 0 Å². The van der Waals surface area contributed by atoms with E-state index >= 15 is 0 Å². The summed E-state index contributed by atoms with van der Waals surface area (Å²) in [6.07, 6.45) is 3.07. The predicted molar refractivity (Wildman–Crippen MR) is 137 cm³/mol. The highest BCUT2D eigenvalue weighted by Gasteiger charge is 2.39. The van der Waals surface area contributed by atoms with Crippen LogP contribution in [-0.4, -0.2) is 55.0 Å². The molecule has 3 aliphatic heterocycles. The van der Waals surface area contributed by atoms with Gasteiger partial charge in [0.1, 0.15) is 11.6 Å². The first-order valence-corrected chi connectivity index (χ1v) is 13.6. The second kappa shape index (κ2) is 9.75. The van der Waals surface area contributed by atoms with Gasteiger partial charge in [0.2, 0.25) is 0 Å². The number of hydrogen-bond acceptors (Lipinski definition) is 4. The zero-order chi connectivity index (χ0) is 23.8. The van der Waals surface area contributed by atoms with Crippen molar-refractivity contribution in [2.24, 2.45) is 5.92 Å². The van der Waals surface area contributed by atoms with E-state index in [0.29, 0.717) is 29.9 Å². The molecule has 0 radical (unpaired) electrons. The van der Waals surface area contributed by atoms with Crippen molar-refractivity contribution in [2.45, 2.75) is 31.1 Å². The normalized spacial score (nSPS) is 22.8. The molecule has 1 amide bonds. The van der Waals surface area contributed by atoms with Crippen LogP contribution in [0.25, 0.3) is 0 Å². The Bertz CT molecular complexity index is 1170. The van der Waals surface area contributed by atoms with Gasteiger partial charge in [-0.05, 0) is 89.5 Å². The second-order valence-electron chi connectivity index (χ2n) is 10.2. The number of piperidine rings is 1. The summed E-state index contributed by atoms with van der Waals surface area (Å²) in [6, 6.07) is 15.2. The number of nitrogens with zero attached hydrogens (tertiary/aromatic N) is 2. The number of likely N-dealkylation sites (tertiary alicyclic amines) is 2. The standard InChI is InChI=1S/C29H31FN2O2S/c30-25-6-4-20(5-7-25)21-8-12-31(13-9-21)16-24-17-32(18-27(24)23-11-15-35-19-23)29(33)26-3-1-2-22-10-14-34-28(22)26/h1-7,11,15,19,21,24,27H,8-10,12-14,16-18H2/t24?,27-/m0/s1. The summed E-state index contributed by atoms with van der Waals surface area (Å²) in [5.41, 5.74) is 4.46. The molecule has 2 aromatic carbocycles. The number of amides is 1. The fourth-order valence-corrected chi connectivity index (χ4v) is 6.88. The monoisotopic (exact) mass is 490 g/mol. The summed E-state index contributed by atoms with van der Waals surface area (Å²) < 4.78 is 19.2. The van der Waals surface area contributed by atoms with Gasteiger partial charge in [-0.3, -0.25) is 4.79 Å². The maximum Gasteiger partial charge on any atom is 0.257 e. The number of benzene rings is 2. The Morgan fingerprint density at radius 2 is 1.86 bits per heavy atom. The van der Waals surface area contributed by atoms with Crippen LogP contribution in [0.3, 0.4) is 0 Å². The average molecular weight is 491 g/mol. The quantitative estimate of drug-likeness (QED) is 0.470. The Kier molecular flexibility index (Phi) is 6.33. The van der Waals surface area contributed by atoms with Crippen LogP contribution in [0, 0.1) is 11.7 Å². The molecule has 35 heavy (non-hydrogen) atoms. The molecule has 3 aromatic rings. The van der Waals surface area contributed by atoms with Crippen LogP contribution in [-0.2, 0) is 6.42 Å². The molecule has 2 saturated heterocycles. The number of halogens is 1. The summed E-state index contributed by atoms with van der Waals surface area (Å²) in [5, 5.41) is 4.39. The zero-order valence-electron chi connectivity index (χ0n) is 19.9. The number of ether oxygens (including phenoxy) is 1. The van der Waals surface area contributed by atoms with Crippen molar-refractivity contribution in [3.05, 3.63) is 87.4 Å². The van der Waals surface area contributed by atoms with Crippen molar-refractivity contribution in [2.75, 3.05) is 39.3 Å². The summed E-state index contributed by atoms with van der Waals surface area (Å²) in [6.45, 7) is 5.29. The molecule has 0 bridgehead atoms. The summed E-state index contributed by atoms with van der Waals surface area (Å²) in [7, 11) is 0. The SMILES string of the molecule is O=C(c1cccc2c1OCC2)N1CC(CN2CCC(c3ccc(F)cc3)CC2)[C@H](c2ccsc2)C1. The van der Waals surface area contributed by atoms with Crippen LogP contribution in [0.4, 0.5) is 4.39 Å². The molecule has 0 spiro atoms. The van der Waals surface area contributed by atoms with Crippen molar-refractivity contribution in [3.8, 4) is 5.75 Å². The van der Waals surface area contributed by atoms with Crippen LogP contribution < -0.4 is 4.74 Å². The Hall–Kier alpha value is -2.70. The van der Waals surface area contributed by atoms with Crippen LogP contribution in [0.2, 0.25) is 0 Å². The molecule has 2 atom stereocenters. The number of hydrogen-bond donors (Lipinski definition) is 0. The van der Waals surface area contributed by atoms with Gasteiger partial charge >= 0.3 is 0 Å². The Morgan fingerprint density at radius 3 is 2.63 bits per heavy atom. The van der Waals surface area contributed by atoms with E-state index in [4.69, 9.17) is 4.74 Å². The second-order valence-corrected chi connectivity index (χ2v) is 10.9. The van der Waals surface area contributed by atoms with E-state index in [-0.39, 0.29) is 11.7 Å². The van der Waals surface area contributed by atoms with Gasteiger partial charge in [0, 0.05) is 32.0 Å². The van der Waals surface area contributed by atoms with Crippen LogP contribution in [0.1, 0.15) is 51.7 Å². The molecule has 182 valence electrons. The average Bonchev–Trinajstić information content (AvgIpc) is 3.65. The topological polar surface area (TPSA) is 32.8 Å². The highest BCUT2D eigenvalue weighted by atomic mass is 32.1. The molecular weight excluding hydrogens is 459 g/mol. The van der Waals surface area contributed by atoms with Crippen LogP contribution in [0.15, 0.2) is 59.3 Å². The van der Waals surface area contributed by atoms with E-state index in [1.54, 1.807) is 23.5 Å². The van der Waals surface area contributed by atoms with E-state index in [1.165, 1.54) is 11.1 Å². The minimum atomic E-state index is -0.169. The van der Waals surface area contributed by atoms with E-state index in [9.17, 15) is 9.18 Å². The Balaban J connectivity index is 1.15. The molecule has 0 saturated carbocycles. The first-order valence-electron chi connectivity index (χ1n) is 12.7. The van der Waals surface area contributed by atoms with Gasteiger partial charge in [0.25, 0.3) is 5.91 Å². The van der Waals surface area contributed by atoms with Gasteiger partial charge in [0.15, 0.2) is 0 Å². The fourth-order valence-electron chi connectivity index (χ4n) is 6.16. The maximum absolute atomic E-state index is 13.6. The van der Waals surface area contributed by atoms with Crippen LogP contribution >= 0.6 is 11.3 Å². The summed E-state index contributed by atoms with van der Waals surface area (Å²) in [5.74, 6) is 1.99. The molecule has 3 aliphatic rings. The van der Waals surface area contributed by atoms with E-state index in [1.807, 2.05) is 24.3 Å². The van der Waals surface area contributed by atoms with Crippen molar-refractivity contribution in [3.63, 3.8) is 0 Å². The minimum absolute atomic E-state index is 0.0986. The molecule has 4 nitrogen and oxygen atoms in total. The smallest absolute Gasteiger partial charge is 0.257 e. The fraction of sp³-hybridized carbons (Fsp3) is 0.414. The lowest BCUT2D eigenvalue weighted by Crippen LogP contribution is -2.38. The minimum Gasteiger partial charge on any atom is -0.492 e. The largest absolute Gasteiger partial charge is 0.492 e. The van der Waals surface area contributed by atoms with Gasteiger partial charge in [-0.1, -0.05) is 24.3 Å². The first-order chi connectivity index (χ1) is 17.2. The molecule has 6 heteroatoms. The highest BCUT2D eigenvalue weighted by molar-refractivity contribution is 7.08. The molecule has 1 unspecified atom stereocenters. The number of thiophene rings is 1. The third-order valence-corrected chi connectivity index (χ3v) is 8.77. The Labute approximate surface area is 210 Å². The molecule has 0 aliphatic carbocycles. The number of para-hydroxylation sites is 1. The van der Waals surface area contributed by atoms with E-state index < -0.39 is 0 Å². The predicted octanol–water partition coefficient (Wildman–Crippen LogP) is 5.56. The van der Waals surface area contributed by atoms with Crippen molar-refractivity contribution in [1.82, 2.24) is 9.80 Å². The summed E-state index contributed by atoms with van der Waals surface area (Å²) >= 11 is 1.73. The molecular formula is C29H31FN2O2S. The molecule has 0 N–H and O–H groups in total. The lowest BCUT2D eigenvalue weighted by atomic mass is 9.87. The molecule has 6 rings (SSSR count). The number of rotatable bonds is 5. The first kappa shape index (κ1) is 22.7. The zero-order valence-corrected chi connectivity index (χ0v) is 20.7. The molecule has 4 heterocycles. The number of carbonyl (C=O) groups is 1. The van der Waals surface area contributed by atoms with Crippen LogP contribution in [0.5, 0.6) is 5.75 Å². The number of fused-ring (bicyclic) bond motifs is 1. The lowest BCUT2D eigenvalue weighted by Gasteiger charge is -2.34. The highest BCUT2D eigenvalue weighted by Crippen LogP contribution is 2.38. The summed E-state index contributed by atoms with van der Waals surface area (Å²) in [4.78, 5) is 18.2. The third kappa shape index (κ3) is 4.62. The van der Waals surface area contributed by atoms with Gasteiger partial charge in [-0.2, -0.15) is 11.3 Å². The van der Waals surface area contributed by atoms with Crippen molar-refractivity contribution >= 4 is 17.2 Å². The molecule has 1 aromatic heterocycles. The van der Waals surface area contributed by atoms with E-state index in [2.05, 4.69) is 32.7 Å². The maximum atomic E-state index is 13.6. The van der Waals surface area contributed by atoms with Crippen molar-refractivity contribution < 1.29 is 13.9 Å². The molecule has 2 fully saturated rings. The van der Waals surface area contributed by atoms with E-state index in [0.717, 1.165) is 63.3 Å². The van der Waals surface area contributed by atoms with Gasteiger partial charge in [-0.25, -0.2) is 4.39 Å². The van der Waals surface area contributed by atoms with Gasteiger partial charge < -0.3 is 14.5 Å².